The van der Waals surface area contributed by atoms with Gasteiger partial charge in [-0.25, -0.2) is 0 Å². The molecule has 0 heterocycles. The van der Waals surface area contributed by atoms with Gasteiger partial charge < -0.3 is 19.7 Å². The number of aromatic hydroxyl groups is 1. The molecular formula is C24H26O5. The van der Waals surface area contributed by atoms with Crippen molar-refractivity contribution in [3.63, 3.8) is 0 Å². The van der Waals surface area contributed by atoms with E-state index >= 15 is 0 Å². The Balaban J connectivity index is 2.43. The molecule has 0 spiro atoms. The van der Waals surface area contributed by atoms with Crippen molar-refractivity contribution >= 4 is 17.6 Å². The highest BCUT2D eigenvalue weighted by Crippen LogP contribution is 2.42. The van der Waals surface area contributed by atoms with Gasteiger partial charge in [0.2, 0.25) is 0 Å². The molecule has 0 radical (unpaired) electrons. The van der Waals surface area contributed by atoms with Crippen molar-refractivity contribution in [2.45, 2.75) is 20.3 Å². The van der Waals surface area contributed by atoms with Crippen LogP contribution in [-0.4, -0.2) is 30.2 Å². The number of carbonyl (C=O) groups is 1. The molecule has 2 aromatic carbocycles. The highest BCUT2D eigenvalue weighted by molar-refractivity contribution is 6.06. The zero-order valence-corrected chi connectivity index (χ0v) is 17.1. The Bertz CT molecular complexity index is 949. The largest absolute Gasteiger partial charge is 0.507 e. The molecule has 2 rings (SSSR count). The third kappa shape index (κ3) is 5.75. The Morgan fingerprint density at radius 3 is 2.31 bits per heavy atom. The summed E-state index contributed by atoms with van der Waals surface area (Å²) in [6, 6.07) is 10.9. The molecule has 152 valence electrons. The van der Waals surface area contributed by atoms with Crippen molar-refractivity contribution in [2.24, 2.45) is 0 Å². The lowest BCUT2D eigenvalue weighted by atomic mass is 10.0. The van der Waals surface area contributed by atoms with Crippen molar-refractivity contribution in [3.8, 4) is 17.2 Å². The van der Waals surface area contributed by atoms with E-state index in [-0.39, 0.29) is 22.8 Å². The number of aliphatic hydroxyl groups excluding tert-OH is 1. The van der Waals surface area contributed by atoms with Crippen molar-refractivity contribution in [2.75, 3.05) is 14.2 Å². The third-order valence-corrected chi connectivity index (χ3v) is 4.26. The highest BCUT2D eigenvalue weighted by atomic mass is 16.5. The predicted molar refractivity (Wildman–Crippen MR) is 115 cm³/mol. The minimum Gasteiger partial charge on any atom is -0.507 e. The summed E-state index contributed by atoms with van der Waals surface area (Å²) in [5, 5.41) is 21.4. The van der Waals surface area contributed by atoms with Crippen LogP contribution in [0.1, 0.15) is 30.5 Å². The Morgan fingerprint density at radius 2 is 1.72 bits per heavy atom. The van der Waals surface area contributed by atoms with Crippen LogP contribution in [-0.2, 0) is 11.2 Å². The van der Waals surface area contributed by atoms with E-state index in [1.54, 1.807) is 12.1 Å². The number of aliphatic hydroxyl groups is 1. The van der Waals surface area contributed by atoms with Gasteiger partial charge in [0.25, 0.3) is 0 Å². The van der Waals surface area contributed by atoms with Crippen LogP contribution in [0.4, 0.5) is 0 Å². The summed E-state index contributed by atoms with van der Waals surface area (Å²) in [7, 11) is 2.91. The van der Waals surface area contributed by atoms with Crippen LogP contribution in [0, 0.1) is 0 Å². The van der Waals surface area contributed by atoms with Crippen LogP contribution in [0.2, 0.25) is 0 Å². The first kappa shape index (κ1) is 21.8. The number of ether oxygens (including phenoxy) is 2. The van der Waals surface area contributed by atoms with E-state index in [0.717, 1.165) is 17.2 Å². The molecule has 29 heavy (non-hydrogen) atoms. The quantitative estimate of drug-likeness (QED) is 0.370. The molecule has 2 aromatic rings. The van der Waals surface area contributed by atoms with Gasteiger partial charge in [-0.2, -0.15) is 0 Å². The topological polar surface area (TPSA) is 76.0 Å². The summed E-state index contributed by atoms with van der Waals surface area (Å²) in [4.78, 5) is 12.3. The van der Waals surface area contributed by atoms with Gasteiger partial charge in [0.05, 0.1) is 14.2 Å². The summed E-state index contributed by atoms with van der Waals surface area (Å²) in [5.74, 6) is -0.359. The van der Waals surface area contributed by atoms with E-state index in [4.69, 9.17) is 9.47 Å². The molecule has 0 bridgehead atoms. The van der Waals surface area contributed by atoms with E-state index < -0.39 is 5.78 Å². The van der Waals surface area contributed by atoms with Gasteiger partial charge in [-0.15, -0.1) is 0 Å². The second-order valence-corrected chi connectivity index (χ2v) is 6.64. The lowest BCUT2D eigenvalue weighted by Gasteiger charge is -2.16. The van der Waals surface area contributed by atoms with Gasteiger partial charge in [-0.1, -0.05) is 48.1 Å². The zero-order valence-electron chi connectivity index (χ0n) is 17.1. The van der Waals surface area contributed by atoms with Crippen LogP contribution in [0.25, 0.3) is 11.8 Å². The van der Waals surface area contributed by atoms with Gasteiger partial charge in [-0.3, -0.25) is 4.79 Å². The standard InChI is InChI=1S/C24H26O5/c1-16(2)10-13-19-21(28-3)15-22(29-4)23(24(19)27)20(26)14-18(25)12-11-17-8-6-5-7-9-17/h5-12,14-15,26-27H,13H2,1-4H3/b12-11+,20-14-. The molecule has 0 saturated carbocycles. The highest BCUT2D eigenvalue weighted by Gasteiger charge is 2.21. The third-order valence-electron chi connectivity index (χ3n) is 4.26. The number of benzene rings is 2. The Morgan fingerprint density at radius 1 is 1.07 bits per heavy atom. The molecule has 2 N–H and O–H groups in total. The minimum atomic E-state index is -0.422. The molecule has 0 aliphatic rings. The first-order valence-electron chi connectivity index (χ1n) is 9.15. The fourth-order valence-corrected chi connectivity index (χ4v) is 2.75. The number of ketones is 1. The molecule has 0 atom stereocenters. The molecule has 0 aromatic heterocycles. The van der Waals surface area contributed by atoms with Gasteiger partial charge in [-0.05, 0) is 31.9 Å². The van der Waals surface area contributed by atoms with E-state index in [0.29, 0.717) is 17.7 Å². The fourth-order valence-electron chi connectivity index (χ4n) is 2.75. The average Bonchev–Trinajstić information content (AvgIpc) is 2.71. The number of phenols is 1. The van der Waals surface area contributed by atoms with Crippen LogP contribution in [0.5, 0.6) is 17.2 Å². The molecule has 5 heteroatoms. The minimum absolute atomic E-state index is 0.0481. The predicted octanol–water partition coefficient (Wildman–Crippen LogP) is 5.10. The number of rotatable bonds is 8. The van der Waals surface area contributed by atoms with Gasteiger partial charge in [0.15, 0.2) is 5.78 Å². The number of hydrogen-bond acceptors (Lipinski definition) is 5. The first-order valence-corrected chi connectivity index (χ1v) is 9.15. The molecule has 0 amide bonds. The smallest absolute Gasteiger partial charge is 0.182 e. The SMILES string of the molecule is COc1cc(OC)c(/C(O)=C/C(=O)/C=C/c2ccccc2)c(O)c1CC=C(C)C. The monoisotopic (exact) mass is 394 g/mol. The number of phenolic OH excluding ortho intramolecular Hbond substituents is 1. The molecular weight excluding hydrogens is 368 g/mol. The van der Waals surface area contributed by atoms with E-state index in [2.05, 4.69) is 0 Å². The summed E-state index contributed by atoms with van der Waals surface area (Å²) in [6.45, 7) is 3.89. The Hall–Kier alpha value is -3.47. The van der Waals surface area contributed by atoms with E-state index in [1.807, 2.05) is 50.3 Å². The van der Waals surface area contributed by atoms with Crippen molar-refractivity contribution in [1.82, 2.24) is 0 Å². The number of hydrogen-bond donors (Lipinski definition) is 2. The first-order chi connectivity index (χ1) is 13.9. The number of methoxy groups -OCH3 is 2. The fraction of sp³-hybridized carbons (Fsp3) is 0.208. The van der Waals surface area contributed by atoms with Crippen LogP contribution in [0.15, 0.2) is 60.2 Å². The van der Waals surface area contributed by atoms with Gasteiger partial charge >= 0.3 is 0 Å². The molecule has 0 fully saturated rings. The number of allylic oxidation sites excluding steroid dienone is 4. The second kappa shape index (κ2) is 10.2. The Kier molecular flexibility index (Phi) is 7.66. The van der Waals surface area contributed by atoms with Crippen molar-refractivity contribution in [3.05, 3.63) is 76.9 Å². The molecule has 0 unspecified atom stereocenters. The maximum Gasteiger partial charge on any atom is 0.182 e. The summed E-state index contributed by atoms with van der Waals surface area (Å²) >= 11 is 0. The lowest BCUT2D eigenvalue weighted by Crippen LogP contribution is -2.00. The second-order valence-electron chi connectivity index (χ2n) is 6.64. The molecule has 0 aliphatic heterocycles. The normalized spacial score (nSPS) is 11.4. The summed E-state index contributed by atoms with van der Waals surface area (Å²) in [5.41, 5.74) is 2.48. The van der Waals surface area contributed by atoms with Crippen LogP contribution < -0.4 is 9.47 Å². The van der Waals surface area contributed by atoms with Crippen molar-refractivity contribution < 1.29 is 24.5 Å². The zero-order chi connectivity index (χ0) is 21.4. The Labute approximate surface area is 171 Å². The summed E-state index contributed by atoms with van der Waals surface area (Å²) < 4.78 is 10.7. The molecule has 0 aliphatic carbocycles. The van der Waals surface area contributed by atoms with Gasteiger partial charge in [0, 0.05) is 17.7 Å². The molecule has 5 nitrogen and oxygen atoms in total. The van der Waals surface area contributed by atoms with Crippen molar-refractivity contribution in [1.29, 1.82) is 0 Å². The maximum absolute atomic E-state index is 12.3. The maximum atomic E-state index is 12.3. The summed E-state index contributed by atoms with van der Waals surface area (Å²) in [6.07, 6.45) is 6.39. The number of carbonyl (C=O) groups excluding carboxylic acids is 1. The van der Waals surface area contributed by atoms with Crippen LogP contribution >= 0.6 is 0 Å². The van der Waals surface area contributed by atoms with Gasteiger partial charge in [0.1, 0.15) is 28.6 Å². The average molecular weight is 394 g/mol. The van der Waals surface area contributed by atoms with E-state index in [9.17, 15) is 15.0 Å². The molecule has 0 saturated heterocycles. The van der Waals surface area contributed by atoms with E-state index in [1.165, 1.54) is 20.3 Å². The van der Waals surface area contributed by atoms with Crippen LogP contribution in [0.3, 0.4) is 0 Å². The lowest BCUT2D eigenvalue weighted by molar-refractivity contribution is -0.110.